The molecule has 1 aromatic rings. The highest BCUT2D eigenvalue weighted by atomic mass is 16.5. The maximum absolute atomic E-state index is 9.75. The summed E-state index contributed by atoms with van der Waals surface area (Å²) >= 11 is 0. The molecule has 0 heterocycles. The zero-order valence-electron chi connectivity index (χ0n) is 12.0. The third kappa shape index (κ3) is 2.58. The second kappa shape index (κ2) is 5.55. The van der Waals surface area contributed by atoms with Crippen LogP contribution in [0.5, 0.6) is 0 Å². The molecular weight excluding hydrogens is 248 g/mol. The van der Waals surface area contributed by atoms with E-state index in [9.17, 15) is 5.11 Å². The lowest BCUT2D eigenvalue weighted by Gasteiger charge is -2.43. The highest BCUT2D eigenvalue weighted by molar-refractivity contribution is 5.32. The van der Waals surface area contributed by atoms with Crippen LogP contribution in [0.3, 0.4) is 0 Å². The van der Waals surface area contributed by atoms with Crippen LogP contribution in [0, 0.1) is 5.41 Å². The first-order valence-corrected chi connectivity index (χ1v) is 7.42. The average molecular weight is 270 g/mol. The number of benzene rings is 1. The highest BCUT2D eigenvalue weighted by Gasteiger charge is 2.40. The quantitative estimate of drug-likeness (QED) is 0.850. The monoisotopic (exact) mass is 270 g/mol. The molecule has 0 amide bonds. The normalized spacial score (nSPS) is 32.6. The molecule has 3 unspecified atom stereocenters. The summed E-state index contributed by atoms with van der Waals surface area (Å²) in [6.45, 7) is 2.89. The number of hydrogen-bond acceptors (Lipinski definition) is 2. The molecule has 3 atom stereocenters. The van der Waals surface area contributed by atoms with E-state index < -0.39 is 6.10 Å². The molecule has 106 valence electrons. The minimum atomic E-state index is -0.425. The van der Waals surface area contributed by atoms with Gasteiger partial charge >= 0.3 is 0 Å². The van der Waals surface area contributed by atoms with Gasteiger partial charge < -0.3 is 9.84 Å². The third-order valence-electron chi connectivity index (χ3n) is 4.58. The van der Waals surface area contributed by atoms with Crippen LogP contribution in [0.1, 0.15) is 31.7 Å². The van der Waals surface area contributed by atoms with E-state index in [-0.39, 0.29) is 11.5 Å². The summed E-state index contributed by atoms with van der Waals surface area (Å²) in [4.78, 5) is 0. The van der Waals surface area contributed by atoms with E-state index in [0.29, 0.717) is 6.61 Å². The van der Waals surface area contributed by atoms with Crippen LogP contribution in [0.2, 0.25) is 0 Å². The summed E-state index contributed by atoms with van der Waals surface area (Å²) in [5, 5.41) is 9.75. The minimum absolute atomic E-state index is 0.0493. The molecule has 0 bridgehead atoms. The van der Waals surface area contributed by atoms with E-state index in [1.54, 1.807) is 0 Å². The fourth-order valence-corrected chi connectivity index (χ4v) is 3.32. The first-order chi connectivity index (χ1) is 9.68. The molecule has 0 spiro atoms. The molecule has 2 nitrogen and oxygen atoms in total. The summed E-state index contributed by atoms with van der Waals surface area (Å²) in [7, 11) is 0. The standard InChI is InChI=1S/C18H22O2/c1-18-11-10-16(19)12-15(18)8-5-9-17(18)20-13-14-6-3-2-4-7-14/h2-4,6-7,10-12,16-17,19H,5,8-9,13H2,1H3. The van der Waals surface area contributed by atoms with Gasteiger partial charge in [-0.1, -0.05) is 54.1 Å². The smallest absolute Gasteiger partial charge is 0.0905 e. The molecule has 0 radical (unpaired) electrons. The van der Waals surface area contributed by atoms with Crippen molar-refractivity contribution in [2.75, 3.05) is 0 Å². The molecule has 1 saturated carbocycles. The maximum Gasteiger partial charge on any atom is 0.0905 e. The van der Waals surface area contributed by atoms with Crippen LogP contribution in [-0.2, 0) is 11.3 Å². The molecule has 2 aliphatic rings. The number of rotatable bonds is 3. The summed E-state index contributed by atoms with van der Waals surface area (Å²) < 4.78 is 6.20. The van der Waals surface area contributed by atoms with Crippen molar-refractivity contribution in [3.05, 3.63) is 59.7 Å². The van der Waals surface area contributed by atoms with Gasteiger partial charge in [0.05, 0.1) is 18.8 Å². The van der Waals surface area contributed by atoms with Gasteiger partial charge in [-0.25, -0.2) is 0 Å². The Kier molecular flexibility index (Phi) is 3.77. The van der Waals surface area contributed by atoms with E-state index in [4.69, 9.17) is 4.74 Å². The maximum atomic E-state index is 9.75. The molecule has 1 N–H and O–H groups in total. The van der Waals surface area contributed by atoms with Crippen molar-refractivity contribution in [1.82, 2.24) is 0 Å². The molecular formula is C18H22O2. The topological polar surface area (TPSA) is 29.5 Å². The lowest BCUT2D eigenvalue weighted by Crippen LogP contribution is -2.40. The summed E-state index contributed by atoms with van der Waals surface area (Å²) in [5.41, 5.74) is 2.50. The Bertz CT molecular complexity index is 517. The molecule has 2 heteroatoms. The Morgan fingerprint density at radius 3 is 2.90 bits per heavy atom. The summed E-state index contributed by atoms with van der Waals surface area (Å²) in [5.74, 6) is 0. The van der Waals surface area contributed by atoms with Crippen molar-refractivity contribution in [3.8, 4) is 0 Å². The number of aliphatic hydroxyl groups is 1. The van der Waals surface area contributed by atoms with Crippen LogP contribution in [0.25, 0.3) is 0 Å². The van der Waals surface area contributed by atoms with E-state index in [2.05, 4.69) is 25.1 Å². The summed E-state index contributed by atoms with van der Waals surface area (Å²) in [6.07, 6.45) is 9.09. The molecule has 2 aliphatic carbocycles. The molecule has 1 fully saturated rings. The molecule has 0 aromatic heterocycles. The molecule has 20 heavy (non-hydrogen) atoms. The van der Waals surface area contributed by atoms with Gasteiger partial charge in [0.15, 0.2) is 0 Å². The largest absolute Gasteiger partial charge is 0.385 e. The highest BCUT2D eigenvalue weighted by Crippen LogP contribution is 2.45. The summed E-state index contributed by atoms with van der Waals surface area (Å²) in [6, 6.07) is 10.3. The molecule has 1 aromatic carbocycles. The first-order valence-electron chi connectivity index (χ1n) is 7.42. The van der Waals surface area contributed by atoms with Gasteiger partial charge in [0.2, 0.25) is 0 Å². The molecule has 0 aliphatic heterocycles. The third-order valence-corrected chi connectivity index (χ3v) is 4.58. The Labute approximate surface area is 120 Å². The molecule has 3 rings (SSSR count). The van der Waals surface area contributed by atoms with Gasteiger partial charge in [-0.15, -0.1) is 0 Å². The van der Waals surface area contributed by atoms with E-state index in [0.717, 1.165) is 19.3 Å². The van der Waals surface area contributed by atoms with Crippen molar-refractivity contribution in [3.63, 3.8) is 0 Å². The average Bonchev–Trinajstić information content (AvgIpc) is 2.47. The van der Waals surface area contributed by atoms with Gasteiger partial charge in [0.25, 0.3) is 0 Å². The van der Waals surface area contributed by atoms with Gasteiger partial charge in [-0.2, -0.15) is 0 Å². The predicted octanol–water partition coefficient (Wildman–Crippen LogP) is 3.62. The lowest BCUT2D eigenvalue weighted by molar-refractivity contribution is -0.0276. The van der Waals surface area contributed by atoms with Crippen LogP contribution in [0.15, 0.2) is 54.1 Å². The SMILES string of the molecule is CC12C=CC(O)C=C1CCCC2OCc1ccccc1. The van der Waals surface area contributed by atoms with Crippen molar-refractivity contribution < 1.29 is 9.84 Å². The van der Waals surface area contributed by atoms with E-state index in [1.807, 2.05) is 30.4 Å². The Morgan fingerprint density at radius 2 is 2.10 bits per heavy atom. The van der Waals surface area contributed by atoms with Crippen LogP contribution in [-0.4, -0.2) is 17.3 Å². The number of hydrogen-bond donors (Lipinski definition) is 1. The van der Waals surface area contributed by atoms with Crippen molar-refractivity contribution >= 4 is 0 Å². The lowest BCUT2D eigenvalue weighted by atomic mass is 9.67. The Morgan fingerprint density at radius 1 is 1.30 bits per heavy atom. The fourth-order valence-electron chi connectivity index (χ4n) is 3.32. The van der Waals surface area contributed by atoms with E-state index in [1.165, 1.54) is 11.1 Å². The van der Waals surface area contributed by atoms with Gasteiger partial charge in [-0.05, 0) is 31.7 Å². The van der Waals surface area contributed by atoms with Gasteiger partial charge in [0, 0.05) is 5.41 Å². The second-order valence-electron chi connectivity index (χ2n) is 6.00. The Hall–Kier alpha value is -1.38. The second-order valence-corrected chi connectivity index (χ2v) is 6.00. The predicted molar refractivity (Wildman–Crippen MR) is 80.2 cm³/mol. The van der Waals surface area contributed by atoms with Crippen molar-refractivity contribution in [1.29, 1.82) is 0 Å². The number of aliphatic hydroxyl groups excluding tert-OH is 1. The number of ether oxygens (including phenoxy) is 1. The zero-order chi connectivity index (χ0) is 14.0. The zero-order valence-corrected chi connectivity index (χ0v) is 12.0. The van der Waals surface area contributed by atoms with Crippen molar-refractivity contribution in [2.24, 2.45) is 5.41 Å². The van der Waals surface area contributed by atoms with Gasteiger partial charge in [-0.3, -0.25) is 0 Å². The van der Waals surface area contributed by atoms with Crippen LogP contribution < -0.4 is 0 Å². The Balaban J connectivity index is 1.73. The minimum Gasteiger partial charge on any atom is -0.385 e. The molecule has 0 saturated heterocycles. The van der Waals surface area contributed by atoms with Gasteiger partial charge in [0.1, 0.15) is 0 Å². The number of fused-ring (bicyclic) bond motifs is 1. The first kappa shape index (κ1) is 13.6. The van der Waals surface area contributed by atoms with Crippen LogP contribution in [0.4, 0.5) is 0 Å². The fraction of sp³-hybridized carbons (Fsp3) is 0.444. The van der Waals surface area contributed by atoms with Crippen molar-refractivity contribution in [2.45, 2.75) is 45.0 Å². The van der Waals surface area contributed by atoms with Crippen LogP contribution >= 0.6 is 0 Å². The van der Waals surface area contributed by atoms with E-state index >= 15 is 0 Å².